The zero-order chi connectivity index (χ0) is 18.6. The van der Waals surface area contributed by atoms with Gasteiger partial charge in [0.05, 0.1) is 0 Å². The molecule has 0 aromatic heterocycles. The number of carbonyl (C=O) groups is 1. The van der Waals surface area contributed by atoms with E-state index in [1.807, 2.05) is 43.3 Å². The van der Waals surface area contributed by atoms with Crippen LogP contribution in [0.25, 0.3) is 0 Å². The highest BCUT2D eigenvalue weighted by Crippen LogP contribution is 2.32. The van der Waals surface area contributed by atoms with Crippen molar-refractivity contribution >= 4 is 5.97 Å². The summed E-state index contributed by atoms with van der Waals surface area (Å²) < 4.78 is 5.80. The van der Waals surface area contributed by atoms with Crippen molar-refractivity contribution in [3.63, 3.8) is 0 Å². The minimum absolute atomic E-state index is 0.184. The molecular formula is C22H27NO3. The number of benzene rings is 2. The topological polar surface area (TPSA) is 49.8 Å². The normalized spacial score (nSPS) is 19.7. The molecule has 0 radical (unpaired) electrons. The summed E-state index contributed by atoms with van der Waals surface area (Å²) in [5.41, 5.74) is -0.787. The molecule has 0 spiro atoms. The van der Waals surface area contributed by atoms with Gasteiger partial charge in [0.1, 0.15) is 6.10 Å². The van der Waals surface area contributed by atoms with Gasteiger partial charge in [0, 0.05) is 6.04 Å². The standard InChI is InChI=1S/C22H27NO3/c1-17(20-15-9-10-16-23(20)2)26-21(24)22(25,18-11-5-3-6-12-18)19-13-7-4-8-14-19/h3-8,11-14,17,20,25H,9-10,15-16H2,1-2H3/t17-,20-/m0/s1. The molecule has 1 heterocycles. The van der Waals surface area contributed by atoms with Gasteiger partial charge in [-0.1, -0.05) is 67.1 Å². The Balaban J connectivity index is 1.89. The second kappa shape index (κ2) is 8.02. The van der Waals surface area contributed by atoms with Gasteiger partial charge in [-0.3, -0.25) is 4.90 Å². The molecule has 1 N–H and O–H groups in total. The van der Waals surface area contributed by atoms with Crippen LogP contribution in [0.15, 0.2) is 60.7 Å². The van der Waals surface area contributed by atoms with Gasteiger partial charge in [-0.15, -0.1) is 0 Å². The molecule has 0 unspecified atom stereocenters. The average Bonchev–Trinajstić information content (AvgIpc) is 2.69. The van der Waals surface area contributed by atoms with E-state index in [1.54, 1.807) is 24.3 Å². The summed E-state index contributed by atoms with van der Waals surface area (Å²) in [5, 5.41) is 11.4. The van der Waals surface area contributed by atoms with Crippen LogP contribution in [0.2, 0.25) is 0 Å². The van der Waals surface area contributed by atoms with Gasteiger partial charge < -0.3 is 9.84 Å². The molecule has 26 heavy (non-hydrogen) atoms. The Morgan fingerprint density at radius 2 is 1.62 bits per heavy atom. The third-order valence-corrected chi connectivity index (χ3v) is 5.34. The average molecular weight is 353 g/mol. The monoisotopic (exact) mass is 353 g/mol. The van der Waals surface area contributed by atoms with E-state index in [9.17, 15) is 9.90 Å². The predicted molar refractivity (Wildman–Crippen MR) is 102 cm³/mol. The number of aliphatic hydroxyl groups is 1. The highest BCUT2D eigenvalue weighted by molar-refractivity contribution is 5.85. The first-order valence-corrected chi connectivity index (χ1v) is 9.28. The van der Waals surface area contributed by atoms with Crippen molar-refractivity contribution in [2.45, 2.75) is 43.9 Å². The number of likely N-dealkylation sites (N-methyl/N-ethyl adjacent to an activating group) is 1. The molecule has 1 fully saturated rings. The van der Waals surface area contributed by atoms with Crippen molar-refractivity contribution in [3.05, 3.63) is 71.8 Å². The van der Waals surface area contributed by atoms with Crippen LogP contribution >= 0.6 is 0 Å². The third kappa shape index (κ3) is 3.67. The number of likely N-dealkylation sites (tertiary alicyclic amines) is 1. The molecule has 0 amide bonds. The lowest BCUT2D eigenvalue weighted by Gasteiger charge is -2.37. The lowest BCUT2D eigenvalue weighted by Crippen LogP contribution is -2.48. The number of esters is 1. The fraction of sp³-hybridized carbons (Fsp3) is 0.409. The fourth-order valence-corrected chi connectivity index (χ4v) is 3.79. The Kier molecular flexibility index (Phi) is 5.74. The van der Waals surface area contributed by atoms with E-state index in [0.29, 0.717) is 11.1 Å². The van der Waals surface area contributed by atoms with E-state index >= 15 is 0 Å². The summed E-state index contributed by atoms with van der Waals surface area (Å²) in [5.74, 6) is -0.624. The number of hydrogen-bond acceptors (Lipinski definition) is 4. The zero-order valence-corrected chi connectivity index (χ0v) is 15.5. The molecule has 3 rings (SSSR count). The van der Waals surface area contributed by atoms with Gasteiger partial charge in [-0.05, 0) is 44.5 Å². The van der Waals surface area contributed by atoms with E-state index in [2.05, 4.69) is 11.9 Å². The molecular weight excluding hydrogens is 326 g/mol. The molecule has 0 bridgehead atoms. The van der Waals surface area contributed by atoms with Crippen LogP contribution in [-0.4, -0.2) is 41.7 Å². The van der Waals surface area contributed by atoms with Crippen LogP contribution in [0.1, 0.15) is 37.3 Å². The second-order valence-corrected chi connectivity index (χ2v) is 7.10. The van der Waals surface area contributed by atoms with E-state index < -0.39 is 11.6 Å². The lowest BCUT2D eigenvalue weighted by atomic mass is 9.86. The minimum Gasteiger partial charge on any atom is -0.458 e. The lowest BCUT2D eigenvalue weighted by molar-refractivity contribution is -0.170. The first-order chi connectivity index (χ1) is 12.5. The molecule has 4 nitrogen and oxygen atoms in total. The number of piperidine rings is 1. The van der Waals surface area contributed by atoms with Gasteiger partial charge in [0.15, 0.2) is 0 Å². The Morgan fingerprint density at radius 3 is 2.12 bits per heavy atom. The van der Waals surface area contributed by atoms with Gasteiger partial charge in [-0.25, -0.2) is 4.79 Å². The first kappa shape index (κ1) is 18.6. The third-order valence-electron chi connectivity index (χ3n) is 5.34. The summed E-state index contributed by atoms with van der Waals surface area (Å²) in [7, 11) is 2.06. The molecule has 2 aromatic rings. The predicted octanol–water partition coefficient (Wildman–Crippen LogP) is 3.34. The summed E-state index contributed by atoms with van der Waals surface area (Å²) in [6.07, 6.45) is 3.02. The van der Waals surface area contributed by atoms with Crippen molar-refractivity contribution in [3.8, 4) is 0 Å². The van der Waals surface area contributed by atoms with Crippen molar-refractivity contribution in [2.75, 3.05) is 13.6 Å². The van der Waals surface area contributed by atoms with Gasteiger partial charge >= 0.3 is 5.97 Å². The molecule has 0 saturated carbocycles. The minimum atomic E-state index is -1.82. The Labute approximate surface area is 155 Å². The van der Waals surface area contributed by atoms with Gasteiger partial charge in [0.2, 0.25) is 5.60 Å². The zero-order valence-electron chi connectivity index (χ0n) is 15.5. The largest absolute Gasteiger partial charge is 0.458 e. The van der Waals surface area contributed by atoms with E-state index in [1.165, 1.54) is 6.42 Å². The molecule has 2 atom stereocenters. The second-order valence-electron chi connectivity index (χ2n) is 7.10. The maximum atomic E-state index is 13.1. The first-order valence-electron chi connectivity index (χ1n) is 9.28. The maximum Gasteiger partial charge on any atom is 0.348 e. The Hall–Kier alpha value is -2.17. The van der Waals surface area contributed by atoms with Crippen molar-refractivity contribution in [1.82, 2.24) is 4.90 Å². The summed E-state index contributed by atoms with van der Waals surface area (Å²) in [6, 6.07) is 18.2. The quantitative estimate of drug-likeness (QED) is 0.838. The van der Waals surface area contributed by atoms with Crippen LogP contribution in [-0.2, 0) is 15.1 Å². The highest BCUT2D eigenvalue weighted by atomic mass is 16.6. The van der Waals surface area contributed by atoms with Gasteiger partial charge in [0.25, 0.3) is 0 Å². The van der Waals surface area contributed by atoms with E-state index in [0.717, 1.165) is 19.4 Å². The highest BCUT2D eigenvalue weighted by Gasteiger charge is 2.43. The Morgan fingerprint density at radius 1 is 1.08 bits per heavy atom. The number of carbonyl (C=O) groups excluding carboxylic acids is 1. The van der Waals surface area contributed by atoms with Crippen molar-refractivity contribution in [1.29, 1.82) is 0 Å². The number of nitrogens with zero attached hydrogens (tertiary/aromatic N) is 1. The summed E-state index contributed by atoms with van der Waals surface area (Å²) >= 11 is 0. The van der Waals surface area contributed by atoms with Crippen LogP contribution in [0, 0.1) is 0 Å². The SMILES string of the molecule is C[C@H](OC(=O)C(O)(c1ccccc1)c1ccccc1)[C@@H]1CCCCN1C. The molecule has 2 aromatic carbocycles. The fourth-order valence-electron chi connectivity index (χ4n) is 3.79. The van der Waals surface area contributed by atoms with Crippen molar-refractivity contribution in [2.24, 2.45) is 0 Å². The molecule has 1 aliphatic rings. The van der Waals surface area contributed by atoms with Crippen LogP contribution in [0.4, 0.5) is 0 Å². The summed E-state index contributed by atoms with van der Waals surface area (Å²) in [6.45, 7) is 2.93. The smallest absolute Gasteiger partial charge is 0.348 e. The van der Waals surface area contributed by atoms with Gasteiger partial charge in [-0.2, -0.15) is 0 Å². The van der Waals surface area contributed by atoms with Crippen LogP contribution in [0.3, 0.4) is 0 Å². The molecule has 0 aliphatic carbocycles. The number of rotatable bonds is 5. The Bertz CT molecular complexity index is 677. The molecule has 138 valence electrons. The molecule has 1 saturated heterocycles. The number of ether oxygens (including phenoxy) is 1. The van der Waals surface area contributed by atoms with Crippen LogP contribution < -0.4 is 0 Å². The van der Waals surface area contributed by atoms with Crippen molar-refractivity contribution < 1.29 is 14.6 Å². The molecule has 4 heteroatoms. The maximum absolute atomic E-state index is 13.1. The van der Waals surface area contributed by atoms with E-state index in [-0.39, 0.29) is 12.1 Å². The van der Waals surface area contributed by atoms with Crippen LogP contribution in [0.5, 0.6) is 0 Å². The number of hydrogen-bond donors (Lipinski definition) is 1. The van der Waals surface area contributed by atoms with E-state index in [4.69, 9.17) is 4.74 Å². The molecule has 1 aliphatic heterocycles. The summed E-state index contributed by atoms with van der Waals surface area (Å²) in [4.78, 5) is 15.4.